The number of likely N-dealkylation sites (tertiary alicyclic amines) is 1. The van der Waals surface area contributed by atoms with Gasteiger partial charge in [0.15, 0.2) is 0 Å². The summed E-state index contributed by atoms with van der Waals surface area (Å²) in [5, 5.41) is 4.59. The summed E-state index contributed by atoms with van der Waals surface area (Å²) in [7, 11) is 1.86. The SMILES string of the molecule is COC1(C2C=CC(c3cc4c(N5CCN(C(=O)C6CC6)CC5)ccnn4c3)=CC2)CN(C(C)C)C1. The molecule has 1 atom stereocenters. The summed E-state index contributed by atoms with van der Waals surface area (Å²) in [5.41, 5.74) is 4.71. The first-order valence-electron chi connectivity index (χ1n) is 13.2. The second-order valence-corrected chi connectivity index (χ2v) is 11.0. The van der Waals surface area contributed by atoms with Crippen molar-refractivity contribution >= 4 is 22.7 Å². The van der Waals surface area contributed by atoms with E-state index in [0.29, 0.717) is 23.8 Å². The fraction of sp³-hybridized carbons (Fsp3) is 0.571. The van der Waals surface area contributed by atoms with Crippen molar-refractivity contribution in [3.63, 3.8) is 0 Å². The Labute approximate surface area is 208 Å². The summed E-state index contributed by atoms with van der Waals surface area (Å²) in [6.07, 6.45) is 14.1. The monoisotopic (exact) mass is 475 g/mol. The number of anilines is 1. The van der Waals surface area contributed by atoms with E-state index in [9.17, 15) is 4.79 Å². The average Bonchev–Trinajstić information content (AvgIpc) is 3.61. The lowest BCUT2D eigenvalue weighted by atomic mass is 9.75. The maximum absolute atomic E-state index is 12.4. The van der Waals surface area contributed by atoms with E-state index < -0.39 is 0 Å². The molecule has 7 nitrogen and oxygen atoms in total. The smallest absolute Gasteiger partial charge is 0.225 e. The molecule has 7 heteroatoms. The zero-order valence-electron chi connectivity index (χ0n) is 21.2. The van der Waals surface area contributed by atoms with Gasteiger partial charge in [-0.2, -0.15) is 5.10 Å². The van der Waals surface area contributed by atoms with Crippen LogP contribution in [0.3, 0.4) is 0 Å². The molecule has 3 fully saturated rings. The van der Waals surface area contributed by atoms with Crippen molar-refractivity contribution < 1.29 is 9.53 Å². The van der Waals surface area contributed by atoms with Crippen LogP contribution in [-0.2, 0) is 9.53 Å². The van der Waals surface area contributed by atoms with Crippen molar-refractivity contribution in [3.05, 3.63) is 48.3 Å². The van der Waals surface area contributed by atoms with Gasteiger partial charge >= 0.3 is 0 Å². The zero-order chi connectivity index (χ0) is 24.2. The van der Waals surface area contributed by atoms with E-state index in [-0.39, 0.29) is 5.60 Å². The third-order valence-electron chi connectivity index (χ3n) is 8.53. The van der Waals surface area contributed by atoms with Gasteiger partial charge in [-0.1, -0.05) is 18.2 Å². The van der Waals surface area contributed by atoms with E-state index in [1.165, 1.54) is 16.8 Å². The number of hydrogen-bond acceptors (Lipinski definition) is 5. The molecule has 1 amide bonds. The van der Waals surface area contributed by atoms with Gasteiger partial charge in [0, 0.05) is 82.2 Å². The van der Waals surface area contributed by atoms with Crippen LogP contribution in [0.15, 0.2) is 42.8 Å². The molecule has 0 radical (unpaired) electrons. The zero-order valence-corrected chi connectivity index (χ0v) is 21.2. The van der Waals surface area contributed by atoms with Crippen LogP contribution in [0.25, 0.3) is 11.1 Å². The van der Waals surface area contributed by atoms with Crippen LogP contribution in [0, 0.1) is 11.8 Å². The van der Waals surface area contributed by atoms with Gasteiger partial charge in [0.05, 0.1) is 16.8 Å². The molecule has 4 aliphatic rings. The third-order valence-corrected chi connectivity index (χ3v) is 8.53. The molecule has 1 unspecified atom stereocenters. The predicted octanol–water partition coefficient (Wildman–Crippen LogP) is 3.46. The number of aromatic nitrogens is 2. The summed E-state index contributed by atoms with van der Waals surface area (Å²) < 4.78 is 8.03. The van der Waals surface area contributed by atoms with Crippen molar-refractivity contribution in [1.82, 2.24) is 19.4 Å². The normalized spacial score (nSPS) is 24.7. The van der Waals surface area contributed by atoms with Crippen LogP contribution in [0.2, 0.25) is 0 Å². The molecular formula is C28H37N5O2. The molecule has 2 aliphatic carbocycles. The number of methoxy groups -OCH3 is 1. The number of nitrogens with zero attached hydrogens (tertiary/aromatic N) is 5. The van der Waals surface area contributed by atoms with E-state index in [4.69, 9.17) is 4.74 Å². The first-order valence-corrected chi connectivity index (χ1v) is 13.2. The fourth-order valence-electron chi connectivity index (χ4n) is 5.93. The molecule has 35 heavy (non-hydrogen) atoms. The molecule has 0 spiro atoms. The van der Waals surface area contributed by atoms with Gasteiger partial charge in [-0.15, -0.1) is 0 Å². The lowest BCUT2D eigenvalue weighted by molar-refractivity contribution is -0.157. The molecular weight excluding hydrogens is 438 g/mol. The third kappa shape index (κ3) is 4.08. The van der Waals surface area contributed by atoms with Gasteiger partial charge in [-0.3, -0.25) is 9.69 Å². The number of ether oxygens (including phenoxy) is 1. The first kappa shape index (κ1) is 22.8. The van der Waals surface area contributed by atoms with E-state index in [2.05, 4.69) is 70.2 Å². The van der Waals surface area contributed by atoms with Gasteiger partial charge in [0.25, 0.3) is 0 Å². The number of allylic oxidation sites excluding steroid dienone is 3. The number of amides is 1. The number of rotatable bonds is 6. The highest BCUT2D eigenvalue weighted by molar-refractivity contribution is 5.83. The minimum atomic E-state index is -0.0634. The number of piperazine rings is 1. The van der Waals surface area contributed by atoms with E-state index in [0.717, 1.165) is 64.0 Å². The largest absolute Gasteiger partial charge is 0.375 e. The molecule has 0 N–H and O–H groups in total. The van der Waals surface area contributed by atoms with Crippen molar-refractivity contribution in [2.45, 2.75) is 44.8 Å². The molecule has 1 saturated carbocycles. The van der Waals surface area contributed by atoms with Crippen LogP contribution >= 0.6 is 0 Å². The molecule has 0 aromatic carbocycles. The summed E-state index contributed by atoms with van der Waals surface area (Å²) >= 11 is 0. The Hall–Kier alpha value is -2.64. The molecule has 2 aromatic heterocycles. The molecule has 2 aliphatic heterocycles. The maximum atomic E-state index is 12.4. The lowest BCUT2D eigenvalue weighted by Gasteiger charge is -2.54. The van der Waals surface area contributed by atoms with Gasteiger partial charge in [0.2, 0.25) is 5.91 Å². The van der Waals surface area contributed by atoms with E-state index in [1.807, 2.05) is 17.8 Å². The topological polar surface area (TPSA) is 53.3 Å². The second kappa shape index (κ2) is 8.79. The maximum Gasteiger partial charge on any atom is 0.225 e. The van der Waals surface area contributed by atoms with E-state index in [1.54, 1.807) is 0 Å². The van der Waals surface area contributed by atoms with Crippen LogP contribution in [0.4, 0.5) is 5.69 Å². The molecule has 6 rings (SSSR count). The Morgan fingerprint density at radius 2 is 1.94 bits per heavy atom. The summed E-state index contributed by atoms with van der Waals surface area (Å²) in [4.78, 5) is 19.4. The highest BCUT2D eigenvalue weighted by atomic mass is 16.5. The number of carbonyl (C=O) groups excluding carboxylic acids is 1. The van der Waals surface area contributed by atoms with Crippen molar-refractivity contribution in [3.8, 4) is 0 Å². The Morgan fingerprint density at radius 3 is 2.57 bits per heavy atom. The van der Waals surface area contributed by atoms with Crippen LogP contribution in [-0.4, -0.2) is 83.3 Å². The highest BCUT2D eigenvalue weighted by Gasteiger charge is 2.49. The minimum Gasteiger partial charge on any atom is -0.375 e. The van der Waals surface area contributed by atoms with Gasteiger partial charge in [-0.25, -0.2) is 4.52 Å². The van der Waals surface area contributed by atoms with Gasteiger partial charge in [0.1, 0.15) is 0 Å². The molecule has 4 heterocycles. The van der Waals surface area contributed by atoms with Crippen LogP contribution < -0.4 is 4.90 Å². The summed E-state index contributed by atoms with van der Waals surface area (Å²) in [6, 6.07) is 4.93. The summed E-state index contributed by atoms with van der Waals surface area (Å²) in [5.74, 6) is 1.07. The van der Waals surface area contributed by atoms with E-state index >= 15 is 0 Å². The minimum absolute atomic E-state index is 0.0634. The Bertz CT molecular complexity index is 1160. The molecule has 2 aromatic rings. The van der Waals surface area contributed by atoms with Crippen LogP contribution in [0.1, 0.15) is 38.7 Å². The Morgan fingerprint density at radius 1 is 1.17 bits per heavy atom. The van der Waals surface area contributed by atoms with Crippen molar-refractivity contribution in [2.75, 3.05) is 51.3 Å². The summed E-state index contributed by atoms with van der Waals surface area (Å²) in [6.45, 7) is 9.86. The average molecular weight is 476 g/mol. The second-order valence-electron chi connectivity index (χ2n) is 11.0. The Kier molecular flexibility index (Phi) is 5.72. The van der Waals surface area contributed by atoms with Gasteiger partial charge in [-0.05, 0) is 50.8 Å². The number of fused-ring (bicyclic) bond motifs is 1. The predicted molar refractivity (Wildman–Crippen MR) is 138 cm³/mol. The quantitative estimate of drug-likeness (QED) is 0.641. The number of hydrogen-bond donors (Lipinski definition) is 0. The Balaban J connectivity index is 1.16. The van der Waals surface area contributed by atoms with Crippen molar-refractivity contribution in [1.29, 1.82) is 0 Å². The fourth-order valence-corrected chi connectivity index (χ4v) is 5.93. The molecule has 0 bridgehead atoms. The molecule has 186 valence electrons. The molecule has 2 saturated heterocycles. The number of carbonyl (C=O) groups is 1. The van der Waals surface area contributed by atoms with Crippen LogP contribution in [0.5, 0.6) is 0 Å². The standard InChI is InChI=1S/C28H37N5O2/c1-20(2)32-18-28(19-32,35-3)24-8-6-21(7-9-24)23-16-26-25(10-11-29-33(26)17-23)30-12-14-31(15-13-30)27(34)22-4-5-22/h6-8,10-11,16-17,20,22,24H,4-5,9,12-15,18-19H2,1-3H3. The highest BCUT2D eigenvalue weighted by Crippen LogP contribution is 2.40. The van der Waals surface area contributed by atoms with Gasteiger partial charge < -0.3 is 14.5 Å². The lowest BCUT2D eigenvalue weighted by Crippen LogP contribution is -2.67. The first-order chi connectivity index (χ1) is 17.0. The van der Waals surface area contributed by atoms with Crippen molar-refractivity contribution in [2.24, 2.45) is 11.8 Å².